The van der Waals surface area contributed by atoms with Gasteiger partial charge in [0.1, 0.15) is 11.9 Å². The van der Waals surface area contributed by atoms with E-state index in [1.807, 2.05) is 25.1 Å². The summed E-state index contributed by atoms with van der Waals surface area (Å²) in [7, 11) is 1.67. The van der Waals surface area contributed by atoms with Crippen LogP contribution in [0.1, 0.15) is 51.8 Å². The standard InChI is InChI=1S/C18H22O2S/c1-12-10-14(20-2)8-9-15(12)18(19)17-11-13-6-4-3-5-7-16(13)21-17/h8-11,18-19H,3-7H2,1-2H3. The van der Waals surface area contributed by atoms with Crippen LogP contribution < -0.4 is 4.74 Å². The second kappa shape index (κ2) is 6.20. The summed E-state index contributed by atoms with van der Waals surface area (Å²) in [6, 6.07) is 8.10. The second-order valence-corrected chi connectivity index (χ2v) is 6.95. The molecule has 2 aromatic rings. The topological polar surface area (TPSA) is 29.5 Å². The first-order valence-corrected chi connectivity index (χ1v) is 8.45. The number of rotatable bonds is 3. The molecule has 1 unspecified atom stereocenters. The second-order valence-electron chi connectivity index (χ2n) is 5.78. The largest absolute Gasteiger partial charge is 0.497 e. The van der Waals surface area contributed by atoms with E-state index in [0.29, 0.717) is 0 Å². The van der Waals surface area contributed by atoms with Crippen LogP contribution in [0.2, 0.25) is 0 Å². The predicted molar refractivity (Wildman–Crippen MR) is 87.4 cm³/mol. The zero-order valence-corrected chi connectivity index (χ0v) is 13.5. The maximum Gasteiger partial charge on any atom is 0.119 e. The van der Waals surface area contributed by atoms with Gasteiger partial charge in [-0.2, -0.15) is 0 Å². The van der Waals surface area contributed by atoms with Crippen LogP contribution in [-0.4, -0.2) is 12.2 Å². The van der Waals surface area contributed by atoms with Crippen LogP contribution in [0, 0.1) is 6.92 Å². The fourth-order valence-electron chi connectivity index (χ4n) is 3.06. The monoisotopic (exact) mass is 302 g/mol. The van der Waals surface area contributed by atoms with E-state index in [4.69, 9.17) is 4.74 Å². The van der Waals surface area contributed by atoms with Crippen molar-refractivity contribution in [1.82, 2.24) is 0 Å². The van der Waals surface area contributed by atoms with Crippen LogP contribution in [0.3, 0.4) is 0 Å². The van der Waals surface area contributed by atoms with E-state index >= 15 is 0 Å². The molecule has 0 radical (unpaired) electrons. The van der Waals surface area contributed by atoms with Gasteiger partial charge in [-0.25, -0.2) is 0 Å². The zero-order valence-electron chi connectivity index (χ0n) is 12.7. The molecule has 1 atom stereocenters. The quantitative estimate of drug-likeness (QED) is 0.851. The highest BCUT2D eigenvalue weighted by molar-refractivity contribution is 7.12. The minimum atomic E-state index is -0.521. The Morgan fingerprint density at radius 1 is 1.14 bits per heavy atom. The average molecular weight is 302 g/mol. The van der Waals surface area contributed by atoms with Crippen LogP contribution >= 0.6 is 11.3 Å². The van der Waals surface area contributed by atoms with E-state index < -0.39 is 6.10 Å². The van der Waals surface area contributed by atoms with E-state index in [1.54, 1.807) is 18.4 Å². The third kappa shape index (κ3) is 2.99. The van der Waals surface area contributed by atoms with E-state index in [9.17, 15) is 5.11 Å². The van der Waals surface area contributed by atoms with Crippen molar-refractivity contribution in [3.63, 3.8) is 0 Å². The Morgan fingerprint density at radius 3 is 2.71 bits per heavy atom. The predicted octanol–water partition coefficient (Wildman–Crippen LogP) is 4.42. The summed E-state index contributed by atoms with van der Waals surface area (Å²) in [5, 5.41) is 10.7. The number of benzene rings is 1. The Hall–Kier alpha value is -1.32. The van der Waals surface area contributed by atoms with Gasteiger partial charge in [0.15, 0.2) is 0 Å². The average Bonchev–Trinajstić information content (AvgIpc) is 2.77. The van der Waals surface area contributed by atoms with E-state index in [1.165, 1.54) is 42.5 Å². The molecule has 0 spiro atoms. The molecular weight excluding hydrogens is 280 g/mol. The molecule has 1 N–H and O–H groups in total. The molecule has 2 nitrogen and oxygen atoms in total. The Bertz CT molecular complexity index is 607. The van der Waals surface area contributed by atoms with Gasteiger partial charge in [0, 0.05) is 9.75 Å². The van der Waals surface area contributed by atoms with Crippen LogP contribution in [0.4, 0.5) is 0 Å². The van der Waals surface area contributed by atoms with Gasteiger partial charge < -0.3 is 9.84 Å². The molecule has 0 aliphatic heterocycles. The number of aliphatic hydroxyl groups is 1. The number of thiophene rings is 1. The molecule has 0 fully saturated rings. The van der Waals surface area contributed by atoms with Gasteiger partial charge in [0.05, 0.1) is 7.11 Å². The smallest absolute Gasteiger partial charge is 0.119 e. The molecule has 3 heteroatoms. The number of ether oxygens (including phenoxy) is 1. The maximum atomic E-state index is 10.7. The molecule has 0 bridgehead atoms. The minimum absolute atomic E-state index is 0.521. The molecule has 21 heavy (non-hydrogen) atoms. The molecule has 1 aliphatic carbocycles. The number of hydrogen-bond acceptors (Lipinski definition) is 3. The summed E-state index contributed by atoms with van der Waals surface area (Å²) in [5.74, 6) is 0.838. The highest BCUT2D eigenvalue weighted by atomic mass is 32.1. The van der Waals surface area contributed by atoms with Gasteiger partial charge in [0.25, 0.3) is 0 Å². The molecule has 0 amide bonds. The van der Waals surface area contributed by atoms with Gasteiger partial charge in [-0.3, -0.25) is 0 Å². The summed E-state index contributed by atoms with van der Waals surface area (Å²) in [4.78, 5) is 2.56. The van der Waals surface area contributed by atoms with Crippen molar-refractivity contribution < 1.29 is 9.84 Å². The molecule has 3 rings (SSSR count). The van der Waals surface area contributed by atoms with Crippen molar-refractivity contribution in [3.05, 3.63) is 50.7 Å². The van der Waals surface area contributed by atoms with Crippen LogP contribution in [0.5, 0.6) is 5.75 Å². The summed E-state index contributed by atoms with van der Waals surface area (Å²) >= 11 is 1.79. The van der Waals surface area contributed by atoms with Crippen LogP contribution in [-0.2, 0) is 12.8 Å². The molecule has 1 heterocycles. The third-order valence-electron chi connectivity index (χ3n) is 4.31. The lowest BCUT2D eigenvalue weighted by molar-refractivity contribution is 0.223. The van der Waals surface area contributed by atoms with Crippen molar-refractivity contribution in [2.75, 3.05) is 7.11 Å². The summed E-state index contributed by atoms with van der Waals surface area (Å²) in [6.07, 6.45) is 5.71. The molecule has 0 saturated carbocycles. The number of aliphatic hydroxyl groups excluding tert-OH is 1. The first-order chi connectivity index (χ1) is 10.2. The number of hydrogen-bond donors (Lipinski definition) is 1. The highest BCUT2D eigenvalue weighted by Crippen LogP contribution is 2.36. The highest BCUT2D eigenvalue weighted by Gasteiger charge is 2.19. The lowest BCUT2D eigenvalue weighted by Gasteiger charge is -2.13. The van der Waals surface area contributed by atoms with Gasteiger partial charge in [-0.15, -0.1) is 11.3 Å². The Labute approximate surface area is 130 Å². The lowest BCUT2D eigenvalue weighted by Crippen LogP contribution is -2.00. The molecule has 112 valence electrons. The van der Waals surface area contributed by atoms with Crippen molar-refractivity contribution in [1.29, 1.82) is 0 Å². The first-order valence-electron chi connectivity index (χ1n) is 7.63. The number of methoxy groups -OCH3 is 1. The summed E-state index contributed by atoms with van der Waals surface area (Å²) in [5.41, 5.74) is 3.51. The van der Waals surface area contributed by atoms with Crippen molar-refractivity contribution in [3.8, 4) is 5.75 Å². The normalized spacial score (nSPS) is 16.1. The fourth-order valence-corrected chi connectivity index (χ4v) is 4.32. The SMILES string of the molecule is COc1ccc(C(O)c2cc3c(s2)CCCCC3)c(C)c1. The van der Waals surface area contributed by atoms with Crippen LogP contribution in [0.25, 0.3) is 0 Å². The van der Waals surface area contributed by atoms with Gasteiger partial charge in [-0.1, -0.05) is 12.5 Å². The fraction of sp³-hybridized carbons (Fsp3) is 0.444. The van der Waals surface area contributed by atoms with Gasteiger partial charge in [-0.05, 0) is 67.5 Å². The van der Waals surface area contributed by atoms with Crippen molar-refractivity contribution >= 4 is 11.3 Å². The minimum Gasteiger partial charge on any atom is -0.497 e. The number of fused-ring (bicyclic) bond motifs is 1. The molecular formula is C18H22O2S. The van der Waals surface area contributed by atoms with Gasteiger partial charge >= 0.3 is 0 Å². The lowest BCUT2D eigenvalue weighted by atomic mass is 10.0. The van der Waals surface area contributed by atoms with E-state index in [2.05, 4.69) is 6.07 Å². The van der Waals surface area contributed by atoms with Crippen molar-refractivity contribution in [2.45, 2.75) is 45.1 Å². The summed E-state index contributed by atoms with van der Waals surface area (Å²) < 4.78 is 5.24. The third-order valence-corrected chi connectivity index (χ3v) is 5.60. The number of aryl methyl sites for hydroxylation is 3. The Morgan fingerprint density at radius 2 is 1.95 bits per heavy atom. The Balaban J connectivity index is 1.90. The van der Waals surface area contributed by atoms with Crippen molar-refractivity contribution in [2.24, 2.45) is 0 Å². The maximum absolute atomic E-state index is 10.7. The summed E-state index contributed by atoms with van der Waals surface area (Å²) in [6.45, 7) is 2.03. The molecule has 1 aliphatic rings. The van der Waals surface area contributed by atoms with E-state index in [0.717, 1.165) is 21.8 Å². The van der Waals surface area contributed by atoms with Gasteiger partial charge in [0.2, 0.25) is 0 Å². The first kappa shape index (κ1) is 14.6. The Kier molecular flexibility index (Phi) is 4.32. The molecule has 0 saturated heterocycles. The molecule has 1 aromatic heterocycles. The molecule has 1 aromatic carbocycles. The zero-order chi connectivity index (χ0) is 14.8. The van der Waals surface area contributed by atoms with Crippen LogP contribution in [0.15, 0.2) is 24.3 Å². The van der Waals surface area contributed by atoms with E-state index in [-0.39, 0.29) is 0 Å².